The molecule has 1 fully saturated rings. The maximum Gasteiger partial charge on any atom is 0.309 e. The predicted octanol–water partition coefficient (Wildman–Crippen LogP) is 3.73. The Morgan fingerprint density at radius 3 is 2.60 bits per heavy atom. The van der Waals surface area contributed by atoms with Gasteiger partial charge in [-0.3, -0.25) is 4.79 Å². The molecular weight excluding hydrogens is 252 g/mol. The fourth-order valence-corrected chi connectivity index (χ4v) is 2.88. The first-order valence-electron chi connectivity index (χ1n) is 7.88. The summed E-state index contributed by atoms with van der Waals surface area (Å²) in [5.74, 6) is 0.586. The Hall–Kier alpha value is -0.830. The van der Waals surface area contributed by atoms with Gasteiger partial charge >= 0.3 is 5.97 Å². The highest BCUT2D eigenvalue weighted by Crippen LogP contribution is 2.45. The van der Waals surface area contributed by atoms with E-state index in [0.717, 1.165) is 32.3 Å². The number of hydrogen-bond donors (Lipinski definition) is 0. The van der Waals surface area contributed by atoms with Gasteiger partial charge in [-0.2, -0.15) is 0 Å². The van der Waals surface area contributed by atoms with Crippen LogP contribution in [-0.2, 0) is 14.3 Å². The van der Waals surface area contributed by atoms with Gasteiger partial charge in [0.1, 0.15) is 6.10 Å². The zero-order chi connectivity index (χ0) is 14.8. The minimum absolute atomic E-state index is 0.0121. The first kappa shape index (κ1) is 15.6. The molecule has 3 nitrogen and oxygen atoms in total. The summed E-state index contributed by atoms with van der Waals surface area (Å²) in [6, 6.07) is 0. The summed E-state index contributed by atoms with van der Waals surface area (Å²) in [7, 11) is 0. The highest BCUT2D eigenvalue weighted by molar-refractivity contribution is 5.73. The highest BCUT2D eigenvalue weighted by atomic mass is 16.6. The Kier molecular flexibility index (Phi) is 4.90. The second kappa shape index (κ2) is 6.30. The molecule has 0 radical (unpaired) electrons. The minimum atomic E-state index is -0.0605. The molecule has 0 aromatic carbocycles. The molecule has 2 aliphatic rings. The Morgan fingerprint density at radius 2 is 2.05 bits per heavy atom. The summed E-state index contributed by atoms with van der Waals surface area (Å²) in [5, 5.41) is 0. The predicted molar refractivity (Wildman–Crippen MR) is 79.3 cm³/mol. The summed E-state index contributed by atoms with van der Waals surface area (Å²) in [6.07, 6.45) is 8.06. The lowest BCUT2D eigenvalue weighted by Crippen LogP contribution is -2.57. The van der Waals surface area contributed by atoms with E-state index in [-0.39, 0.29) is 29.5 Å². The quantitative estimate of drug-likeness (QED) is 0.568. The van der Waals surface area contributed by atoms with Crippen molar-refractivity contribution in [1.29, 1.82) is 0 Å². The van der Waals surface area contributed by atoms with Crippen molar-refractivity contribution in [2.75, 3.05) is 6.61 Å². The molecule has 0 N–H and O–H groups in total. The van der Waals surface area contributed by atoms with Crippen LogP contribution in [-0.4, -0.2) is 24.8 Å². The van der Waals surface area contributed by atoms with Crippen LogP contribution in [0.2, 0.25) is 0 Å². The van der Waals surface area contributed by atoms with Gasteiger partial charge in [-0.05, 0) is 25.2 Å². The van der Waals surface area contributed by atoms with E-state index in [1.807, 2.05) is 0 Å². The maximum absolute atomic E-state index is 12.2. The van der Waals surface area contributed by atoms with Crippen LogP contribution in [0, 0.1) is 17.3 Å². The molecule has 0 spiro atoms. The van der Waals surface area contributed by atoms with Gasteiger partial charge in [0.2, 0.25) is 0 Å². The molecule has 1 saturated carbocycles. The van der Waals surface area contributed by atoms with E-state index in [2.05, 4.69) is 39.8 Å². The largest absolute Gasteiger partial charge is 0.461 e. The molecule has 0 aliphatic heterocycles. The number of esters is 1. The molecule has 0 aromatic rings. The molecule has 114 valence electrons. The van der Waals surface area contributed by atoms with Gasteiger partial charge in [-0.25, -0.2) is 0 Å². The van der Waals surface area contributed by atoms with Crippen LogP contribution in [0.25, 0.3) is 0 Å². The van der Waals surface area contributed by atoms with Gasteiger partial charge < -0.3 is 9.47 Å². The maximum atomic E-state index is 12.2. The topological polar surface area (TPSA) is 35.5 Å². The summed E-state index contributed by atoms with van der Waals surface area (Å²) < 4.78 is 11.6. The lowest BCUT2D eigenvalue weighted by molar-refractivity contribution is -0.208. The van der Waals surface area contributed by atoms with E-state index < -0.39 is 0 Å². The molecule has 2 rings (SSSR count). The van der Waals surface area contributed by atoms with Crippen molar-refractivity contribution in [2.24, 2.45) is 17.3 Å². The minimum Gasteiger partial charge on any atom is -0.461 e. The van der Waals surface area contributed by atoms with Crippen molar-refractivity contribution >= 4 is 5.97 Å². The fourth-order valence-electron chi connectivity index (χ4n) is 2.88. The standard InChI is InChI=1S/C17H28O3/c1-12(2)11-19-14-10-15(17(14,3)4)20-16(18)13-8-6-5-7-9-13/h5-6,12-15H,7-11H2,1-4H3. The zero-order valence-corrected chi connectivity index (χ0v) is 13.2. The second-order valence-corrected chi connectivity index (χ2v) is 7.18. The van der Waals surface area contributed by atoms with Crippen LogP contribution >= 0.6 is 0 Å². The fraction of sp³-hybridized carbons (Fsp3) is 0.824. The zero-order valence-electron chi connectivity index (χ0n) is 13.2. The molecule has 2 aliphatic carbocycles. The monoisotopic (exact) mass is 280 g/mol. The Morgan fingerprint density at radius 1 is 1.30 bits per heavy atom. The molecule has 3 heteroatoms. The molecule has 0 amide bonds. The molecule has 3 unspecified atom stereocenters. The third-order valence-electron chi connectivity index (χ3n) is 4.58. The van der Waals surface area contributed by atoms with Gasteiger partial charge in [0.25, 0.3) is 0 Å². The van der Waals surface area contributed by atoms with Crippen LogP contribution < -0.4 is 0 Å². The number of carbonyl (C=O) groups excluding carboxylic acids is 1. The summed E-state index contributed by atoms with van der Waals surface area (Å²) in [4.78, 5) is 12.2. The average molecular weight is 280 g/mol. The van der Waals surface area contributed by atoms with Crippen LogP contribution in [0.4, 0.5) is 0 Å². The summed E-state index contributed by atoms with van der Waals surface area (Å²) in [6.45, 7) is 9.36. The summed E-state index contributed by atoms with van der Waals surface area (Å²) >= 11 is 0. The van der Waals surface area contributed by atoms with Crippen LogP contribution in [0.5, 0.6) is 0 Å². The first-order chi connectivity index (χ1) is 9.41. The number of hydrogen-bond acceptors (Lipinski definition) is 3. The third-order valence-corrected chi connectivity index (χ3v) is 4.58. The number of ether oxygens (including phenoxy) is 2. The van der Waals surface area contributed by atoms with Gasteiger partial charge in [0.05, 0.1) is 12.0 Å². The molecule has 20 heavy (non-hydrogen) atoms. The Balaban J connectivity index is 1.80. The smallest absolute Gasteiger partial charge is 0.309 e. The summed E-state index contributed by atoms with van der Waals surface area (Å²) in [5.41, 5.74) is -0.0605. The van der Waals surface area contributed by atoms with Crippen molar-refractivity contribution < 1.29 is 14.3 Å². The molecule has 0 aromatic heterocycles. The van der Waals surface area contributed by atoms with Gasteiger partial charge in [0, 0.05) is 18.4 Å². The Bertz CT molecular complexity index is 370. The SMILES string of the molecule is CC(C)COC1CC(OC(=O)C2CC=CCC2)C1(C)C. The van der Waals surface area contributed by atoms with Crippen LogP contribution in [0.3, 0.4) is 0 Å². The van der Waals surface area contributed by atoms with Gasteiger partial charge in [-0.15, -0.1) is 0 Å². The van der Waals surface area contributed by atoms with Gasteiger partial charge in [0.15, 0.2) is 0 Å². The second-order valence-electron chi connectivity index (χ2n) is 7.18. The highest BCUT2D eigenvalue weighted by Gasteiger charge is 2.51. The van der Waals surface area contributed by atoms with Crippen molar-refractivity contribution in [3.05, 3.63) is 12.2 Å². The van der Waals surface area contributed by atoms with Crippen molar-refractivity contribution in [3.8, 4) is 0 Å². The molecule has 0 heterocycles. The van der Waals surface area contributed by atoms with E-state index in [4.69, 9.17) is 9.47 Å². The molecule has 0 saturated heterocycles. The van der Waals surface area contributed by atoms with E-state index in [1.54, 1.807) is 0 Å². The first-order valence-corrected chi connectivity index (χ1v) is 7.88. The number of allylic oxidation sites excluding steroid dienone is 2. The van der Waals surface area contributed by atoms with Crippen LogP contribution in [0.1, 0.15) is 53.4 Å². The van der Waals surface area contributed by atoms with Gasteiger partial charge in [-0.1, -0.05) is 39.8 Å². The molecule has 0 bridgehead atoms. The average Bonchev–Trinajstić information content (AvgIpc) is 2.42. The lowest BCUT2D eigenvalue weighted by atomic mass is 9.66. The lowest BCUT2D eigenvalue weighted by Gasteiger charge is -2.50. The van der Waals surface area contributed by atoms with E-state index >= 15 is 0 Å². The van der Waals surface area contributed by atoms with E-state index in [0.29, 0.717) is 5.92 Å². The van der Waals surface area contributed by atoms with Crippen LogP contribution in [0.15, 0.2) is 12.2 Å². The third kappa shape index (κ3) is 3.43. The van der Waals surface area contributed by atoms with Crippen molar-refractivity contribution in [1.82, 2.24) is 0 Å². The molecule has 3 atom stereocenters. The van der Waals surface area contributed by atoms with E-state index in [1.165, 1.54) is 0 Å². The normalized spacial score (nSPS) is 31.9. The van der Waals surface area contributed by atoms with E-state index in [9.17, 15) is 4.79 Å². The van der Waals surface area contributed by atoms with Crippen molar-refractivity contribution in [3.63, 3.8) is 0 Å². The Labute approximate surface area is 122 Å². The number of rotatable bonds is 5. The molecular formula is C17H28O3. The number of carbonyl (C=O) groups is 1. The van der Waals surface area contributed by atoms with Crippen molar-refractivity contribution in [2.45, 2.75) is 65.6 Å².